The number of alkyl halides is 6. The Balaban J connectivity index is 3.39. The third kappa shape index (κ3) is 2.70. The molecule has 0 heterocycles. The summed E-state index contributed by atoms with van der Waals surface area (Å²) in [6.07, 6.45) is -11.3. The third-order valence-electron chi connectivity index (χ3n) is 2.06. The van der Waals surface area contributed by atoms with Crippen LogP contribution in [0.5, 0.6) is 5.75 Å². The maximum absolute atomic E-state index is 12.9. The summed E-state index contributed by atoms with van der Waals surface area (Å²) in [5.74, 6) is -23.4. The van der Waals surface area contributed by atoms with E-state index in [0.29, 0.717) is 0 Å². The van der Waals surface area contributed by atoms with Gasteiger partial charge in [0.15, 0.2) is 0 Å². The normalized spacial score (nSPS) is 13.0. The zero-order valence-electron chi connectivity index (χ0n) is 9.14. The van der Waals surface area contributed by atoms with Crippen LogP contribution in [0.1, 0.15) is 0 Å². The lowest BCUT2D eigenvalue weighted by molar-refractivity contribution is -0.343. The summed E-state index contributed by atoms with van der Waals surface area (Å²) in [4.78, 5) is 0. The second kappa shape index (κ2) is 5.22. The van der Waals surface area contributed by atoms with E-state index in [1.807, 2.05) is 0 Å². The lowest BCUT2D eigenvalue weighted by Crippen LogP contribution is -2.50. The van der Waals surface area contributed by atoms with Crippen molar-refractivity contribution in [3.05, 3.63) is 29.1 Å². The van der Waals surface area contributed by atoms with Gasteiger partial charge in [0.1, 0.15) is 0 Å². The summed E-state index contributed by atoms with van der Waals surface area (Å²) in [5.41, 5.74) is 0. The van der Waals surface area contributed by atoms with Crippen LogP contribution in [-0.4, -0.2) is 18.5 Å². The molecule has 1 rings (SSSR count). The molecular formula is C9HF11O. The number of rotatable bonds is 4. The topological polar surface area (TPSA) is 9.23 Å². The van der Waals surface area contributed by atoms with Crippen molar-refractivity contribution in [1.82, 2.24) is 0 Å². The molecule has 0 aliphatic carbocycles. The van der Waals surface area contributed by atoms with Crippen molar-refractivity contribution in [2.75, 3.05) is 0 Å². The molecule has 0 amide bonds. The van der Waals surface area contributed by atoms with Crippen molar-refractivity contribution in [1.29, 1.82) is 0 Å². The molecule has 0 saturated heterocycles. The summed E-state index contributed by atoms with van der Waals surface area (Å²) in [5, 5.41) is 0. The zero-order valence-corrected chi connectivity index (χ0v) is 9.14. The van der Waals surface area contributed by atoms with E-state index in [-0.39, 0.29) is 0 Å². The smallest absolute Gasteiger partial charge is 0.421 e. The van der Waals surface area contributed by atoms with E-state index in [2.05, 4.69) is 4.74 Å². The minimum absolute atomic E-state index is 2.65. The van der Waals surface area contributed by atoms with Gasteiger partial charge in [-0.1, -0.05) is 0 Å². The monoisotopic (exact) mass is 334 g/mol. The first-order valence-corrected chi connectivity index (χ1v) is 4.58. The molecule has 0 aromatic heterocycles. The first-order valence-electron chi connectivity index (χ1n) is 4.58. The van der Waals surface area contributed by atoms with Gasteiger partial charge in [-0.2, -0.15) is 26.3 Å². The van der Waals surface area contributed by atoms with Crippen molar-refractivity contribution in [2.24, 2.45) is 0 Å². The highest BCUT2D eigenvalue weighted by Gasteiger charge is 2.66. The highest BCUT2D eigenvalue weighted by Crippen LogP contribution is 2.42. The Kier molecular flexibility index (Phi) is 4.30. The van der Waals surface area contributed by atoms with Crippen molar-refractivity contribution in [2.45, 2.75) is 18.5 Å². The highest BCUT2D eigenvalue weighted by molar-refractivity contribution is 5.30. The van der Waals surface area contributed by atoms with E-state index in [1.165, 1.54) is 0 Å². The average Bonchev–Trinajstić information content (AvgIpc) is 2.38. The van der Waals surface area contributed by atoms with E-state index in [4.69, 9.17) is 0 Å². The fourth-order valence-corrected chi connectivity index (χ4v) is 0.998. The molecule has 12 heteroatoms. The minimum atomic E-state index is -6.24. The lowest BCUT2D eigenvalue weighted by Gasteiger charge is -2.26. The van der Waals surface area contributed by atoms with Crippen LogP contribution in [-0.2, 0) is 0 Å². The molecule has 0 spiro atoms. The Bertz CT molecular complexity index is 524. The number of halogens is 11. The predicted molar refractivity (Wildman–Crippen MR) is 42.8 cm³/mol. The quantitative estimate of drug-likeness (QED) is 0.454. The van der Waals surface area contributed by atoms with Crippen molar-refractivity contribution in [3.8, 4) is 5.75 Å². The Morgan fingerprint density at radius 2 is 1.00 bits per heavy atom. The van der Waals surface area contributed by atoms with E-state index in [1.54, 1.807) is 0 Å². The van der Waals surface area contributed by atoms with Crippen LogP contribution < -0.4 is 4.74 Å². The van der Waals surface area contributed by atoms with Gasteiger partial charge in [-0.25, -0.2) is 22.0 Å². The van der Waals surface area contributed by atoms with E-state index in [0.717, 1.165) is 0 Å². The standard InChI is InChI=1S/C9HF11O/c10-1-2(11)4(13)6(5(14)3(1)12)21-9(19,20)8(17,18)7(15)16/h7H. The Hall–Kier alpha value is -1.75. The maximum atomic E-state index is 12.9. The molecule has 0 bridgehead atoms. The Morgan fingerprint density at radius 3 is 1.33 bits per heavy atom. The molecule has 1 nitrogen and oxygen atoms in total. The molecule has 1 aromatic rings. The van der Waals surface area contributed by atoms with Gasteiger partial charge >= 0.3 is 18.5 Å². The summed E-state index contributed by atoms with van der Waals surface area (Å²) in [7, 11) is 0. The predicted octanol–water partition coefficient (Wildman–Crippen LogP) is 4.25. The average molecular weight is 334 g/mol. The third-order valence-corrected chi connectivity index (χ3v) is 2.06. The van der Waals surface area contributed by atoms with Gasteiger partial charge in [0, 0.05) is 0 Å². The van der Waals surface area contributed by atoms with Gasteiger partial charge in [0.25, 0.3) is 0 Å². The second-order valence-electron chi connectivity index (χ2n) is 3.44. The van der Waals surface area contributed by atoms with Crippen LogP contribution in [0.25, 0.3) is 0 Å². The lowest BCUT2D eigenvalue weighted by atomic mass is 10.2. The minimum Gasteiger partial charge on any atom is -0.421 e. The van der Waals surface area contributed by atoms with Crippen LogP contribution >= 0.6 is 0 Å². The molecule has 1 aromatic carbocycles. The number of hydrogen-bond donors (Lipinski definition) is 0. The van der Waals surface area contributed by atoms with Gasteiger partial charge in [-0.05, 0) is 0 Å². The molecule has 0 unspecified atom stereocenters. The maximum Gasteiger partial charge on any atom is 0.470 e. The molecule has 120 valence electrons. The largest absolute Gasteiger partial charge is 0.470 e. The first kappa shape index (κ1) is 17.3. The number of ether oxygens (including phenoxy) is 1. The molecule has 0 N–H and O–H groups in total. The molecule has 0 aliphatic heterocycles. The van der Waals surface area contributed by atoms with Gasteiger partial charge in [-0.15, -0.1) is 0 Å². The number of benzene rings is 1. The van der Waals surface area contributed by atoms with Crippen molar-refractivity contribution < 1.29 is 53.0 Å². The summed E-state index contributed by atoms with van der Waals surface area (Å²) >= 11 is 0. The molecule has 0 radical (unpaired) electrons. The molecular weight excluding hydrogens is 333 g/mol. The van der Waals surface area contributed by atoms with E-state index >= 15 is 0 Å². The second-order valence-corrected chi connectivity index (χ2v) is 3.44. The summed E-state index contributed by atoms with van der Waals surface area (Å²) < 4.78 is 140. The van der Waals surface area contributed by atoms with Gasteiger partial charge in [0.2, 0.25) is 34.8 Å². The van der Waals surface area contributed by atoms with Crippen molar-refractivity contribution in [3.63, 3.8) is 0 Å². The Labute approximate surface area is 107 Å². The summed E-state index contributed by atoms with van der Waals surface area (Å²) in [6, 6.07) is 0. The van der Waals surface area contributed by atoms with Gasteiger partial charge in [0.05, 0.1) is 0 Å². The summed E-state index contributed by atoms with van der Waals surface area (Å²) in [6.45, 7) is 0. The van der Waals surface area contributed by atoms with Crippen LogP contribution in [0.15, 0.2) is 0 Å². The van der Waals surface area contributed by atoms with Crippen LogP contribution in [0, 0.1) is 29.1 Å². The fourth-order valence-electron chi connectivity index (χ4n) is 0.998. The van der Waals surface area contributed by atoms with E-state index in [9.17, 15) is 48.3 Å². The van der Waals surface area contributed by atoms with Gasteiger partial charge in [-0.3, -0.25) is 0 Å². The highest BCUT2D eigenvalue weighted by atomic mass is 19.3. The molecule has 21 heavy (non-hydrogen) atoms. The SMILES string of the molecule is Fc1c(F)c(F)c(OC(F)(F)C(F)(F)C(F)F)c(F)c1F. The van der Waals surface area contributed by atoms with Gasteiger partial charge < -0.3 is 4.74 Å². The zero-order chi connectivity index (χ0) is 16.7. The van der Waals surface area contributed by atoms with Crippen LogP contribution in [0.4, 0.5) is 48.3 Å². The molecule has 0 saturated carbocycles. The molecule has 0 atom stereocenters. The Morgan fingerprint density at radius 1 is 0.667 bits per heavy atom. The fraction of sp³-hybridized carbons (Fsp3) is 0.333. The first-order chi connectivity index (χ1) is 9.34. The van der Waals surface area contributed by atoms with E-state index < -0.39 is 53.3 Å². The molecule has 0 fully saturated rings. The van der Waals surface area contributed by atoms with Crippen LogP contribution in [0.2, 0.25) is 0 Å². The molecule has 0 aliphatic rings. The number of hydrogen-bond acceptors (Lipinski definition) is 1. The van der Waals surface area contributed by atoms with Crippen molar-refractivity contribution >= 4 is 0 Å². The van der Waals surface area contributed by atoms with Crippen LogP contribution in [0.3, 0.4) is 0 Å².